The van der Waals surface area contributed by atoms with Crippen LogP contribution in [0, 0.1) is 46.3 Å². The maximum absolute atomic E-state index is 12.2. The Balaban J connectivity index is 1.16. The van der Waals surface area contributed by atoms with E-state index >= 15 is 0 Å². The third-order valence-electron chi connectivity index (χ3n) is 8.49. The molecule has 0 amide bonds. The highest BCUT2D eigenvalue weighted by Crippen LogP contribution is 3.10. The molecule has 6 aliphatic carbocycles. The fourth-order valence-electron chi connectivity index (χ4n) is 8.13. The number of rotatable bonds is 4. The van der Waals surface area contributed by atoms with Crippen LogP contribution in [0.5, 0.6) is 0 Å². The molecule has 0 aliphatic heterocycles. The number of methoxy groups -OCH3 is 1. The zero-order valence-electron chi connectivity index (χ0n) is 13.3. The Hall–Kier alpha value is -2.10. The molecule has 4 heteroatoms. The smallest absolute Gasteiger partial charge is 0.312 e. The lowest BCUT2D eigenvalue weighted by Gasteiger charge is -3.10. The minimum absolute atomic E-state index is 0.0346. The molecule has 1 aromatic heterocycles. The van der Waals surface area contributed by atoms with Crippen LogP contribution in [0.1, 0.15) is 5.76 Å². The van der Waals surface area contributed by atoms with Crippen LogP contribution < -0.4 is 0 Å². The molecule has 8 rings (SSSR count). The molecule has 2 aromatic rings. The Bertz CT molecular complexity index is 860. The van der Waals surface area contributed by atoms with Gasteiger partial charge in [0.2, 0.25) is 0 Å². The zero-order valence-corrected chi connectivity index (χ0v) is 13.3. The van der Waals surface area contributed by atoms with Gasteiger partial charge in [0.15, 0.2) is 0 Å². The quantitative estimate of drug-likeness (QED) is 0.813. The lowest BCUT2D eigenvalue weighted by Crippen LogP contribution is -3.11. The molecule has 1 heterocycles. The number of esters is 1. The van der Waals surface area contributed by atoms with E-state index < -0.39 is 0 Å². The number of benzene rings is 1. The van der Waals surface area contributed by atoms with E-state index in [1.165, 1.54) is 0 Å². The summed E-state index contributed by atoms with van der Waals surface area (Å²) in [6.45, 7) is 0. The number of nitrogens with zero attached hydrogens (tertiary/aromatic N) is 1. The Kier molecular flexibility index (Phi) is 1.70. The van der Waals surface area contributed by atoms with Crippen LogP contribution >= 0.6 is 0 Å². The van der Waals surface area contributed by atoms with Gasteiger partial charge in [-0.25, -0.2) is 0 Å². The predicted octanol–water partition coefficient (Wildman–Crippen LogP) is 2.80. The van der Waals surface area contributed by atoms with Crippen molar-refractivity contribution in [2.45, 2.75) is 6.42 Å². The molecule has 24 heavy (non-hydrogen) atoms. The van der Waals surface area contributed by atoms with Gasteiger partial charge in [0.05, 0.1) is 12.5 Å². The normalized spacial score (nSPS) is 49.7. The van der Waals surface area contributed by atoms with Gasteiger partial charge in [-0.2, -0.15) is 0 Å². The second kappa shape index (κ2) is 3.32. The van der Waals surface area contributed by atoms with E-state index in [1.54, 1.807) is 7.11 Å². The molecule has 0 N–H and O–H groups in total. The van der Waals surface area contributed by atoms with E-state index in [1.807, 2.05) is 18.2 Å². The van der Waals surface area contributed by atoms with Crippen molar-refractivity contribution < 1.29 is 14.1 Å². The van der Waals surface area contributed by atoms with Crippen molar-refractivity contribution in [3.05, 3.63) is 42.2 Å². The van der Waals surface area contributed by atoms with Gasteiger partial charge in [-0.15, -0.1) is 0 Å². The van der Waals surface area contributed by atoms with Crippen LogP contribution in [0.3, 0.4) is 0 Å². The lowest BCUT2D eigenvalue weighted by molar-refractivity contribution is -0.643. The van der Waals surface area contributed by atoms with Crippen molar-refractivity contribution in [3.63, 3.8) is 0 Å². The topological polar surface area (TPSA) is 52.3 Å². The number of hydrogen-bond donors (Lipinski definition) is 0. The monoisotopic (exact) mass is 319 g/mol. The lowest BCUT2D eigenvalue weighted by atomic mass is 8.92. The van der Waals surface area contributed by atoms with E-state index in [-0.39, 0.29) is 11.4 Å². The summed E-state index contributed by atoms with van der Waals surface area (Å²) in [7, 11) is 1.54. The Labute approximate surface area is 139 Å². The highest BCUT2D eigenvalue weighted by Gasteiger charge is 3.11. The zero-order chi connectivity index (χ0) is 15.8. The molecule has 0 saturated heterocycles. The molecule has 120 valence electrons. The van der Waals surface area contributed by atoms with Crippen molar-refractivity contribution in [1.29, 1.82) is 0 Å². The van der Waals surface area contributed by atoms with Crippen LogP contribution in [-0.2, 0) is 16.0 Å². The molecule has 0 unspecified atom stereocenters. The van der Waals surface area contributed by atoms with Gasteiger partial charge in [0, 0.05) is 18.1 Å². The number of carbonyl (C=O) groups excluding carboxylic acids is 1. The fraction of sp³-hybridized carbons (Fsp3) is 0.500. The fourth-order valence-corrected chi connectivity index (χ4v) is 8.13. The van der Waals surface area contributed by atoms with Crippen molar-refractivity contribution in [1.82, 2.24) is 5.16 Å². The first kappa shape index (κ1) is 12.3. The second-order valence-electron chi connectivity index (χ2n) is 8.41. The van der Waals surface area contributed by atoms with E-state index in [0.717, 1.165) is 41.2 Å². The number of ether oxygens (including phenoxy) is 1. The number of hydrogen-bond acceptors (Lipinski definition) is 4. The summed E-state index contributed by atoms with van der Waals surface area (Å²) in [6.07, 6.45) is 1.01. The van der Waals surface area contributed by atoms with Gasteiger partial charge in [-0.05, 0) is 40.9 Å². The highest BCUT2D eigenvalue weighted by atomic mass is 16.5. The first-order chi connectivity index (χ1) is 11.8. The molecule has 0 atom stereocenters. The molecule has 6 fully saturated rings. The van der Waals surface area contributed by atoms with Crippen LogP contribution in [-0.4, -0.2) is 18.2 Å². The summed E-state index contributed by atoms with van der Waals surface area (Å²) < 4.78 is 10.7. The SMILES string of the molecule is COC(=O)C12C3C4C1C1C2C3C41Cc1cc(-c2ccccc2)no1. The summed E-state index contributed by atoms with van der Waals surface area (Å²) in [5, 5.41) is 4.26. The molecule has 6 saturated carbocycles. The Morgan fingerprint density at radius 2 is 1.79 bits per heavy atom. The van der Waals surface area contributed by atoms with Crippen molar-refractivity contribution in [2.24, 2.45) is 46.3 Å². The summed E-state index contributed by atoms with van der Waals surface area (Å²) in [4.78, 5) is 12.2. The molecule has 1 aromatic carbocycles. The van der Waals surface area contributed by atoms with Crippen molar-refractivity contribution in [3.8, 4) is 11.3 Å². The molecule has 0 radical (unpaired) electrons. The summed E-state index contributed by atoms with van der Waals surface area (Å²) >= 11 is 0. The van der Waals surface area contributed by atoms with E-state index in [0.29, 0.717) is 23.2 Å². The first-order valence-electron chi connectivity index (χ1n) is 8.85. The Morgan fingerprint density at radius 1 is 1.12 bits per heavy atom. The van der Waals surface area contributed by atoms with Gasteiger partial charge in [0.1, 0.15) is 11.5 Å². The molecule has 6 aliphatic rings. The minimum atomic E-state index is -0.0346. The van der Waals surface area contributed by atoms with Crippen LogP contribution in [0.2, 0.25) is 0 Å². The summed E-state index contributed by atoms with van der Waals surface area (Å²) in [6, 6.07) is 12.3. The first-order valence-corrected chi connectivity index (χ1v) is 8.85. The van der Waals surface area contributed by atoms with Crippen molar-refractivity contribution >= 4 is 5.97 Å². The van der Waals surface area contributed by atoms with E-state index in [9.17, 15) is 4.79 Å². The minimum Gasteiger partial charge on any atom is -0.469 e. The van der Waals surface area contributed by atoms with E-state index in [4.69, 9.17) is 9.26 Å². The third kappa shape index (κ3) is 0.842. The molecule has 4 nitrogen and oxygen atoms in total. The van der Waals surface area contributed by atoms with Crippen LogP contribution in [0.4, 0.5) is 0 Å². The number of aromatic nitrogens is 1. The maximum atomic E-state index is 12.2. The summed E-state index contributed by atoms with van der Waals surface area (Å²) in [5.41, 5.74) is 2.44. The maximum Gasteiger partial charge on any atom is 0.312 e. The van der Waals surface area contributed by atoms with Crippen LogP contribution in [0.25, 0.3) is 11.3 Å². The van der Waals surface area contributed by atoms with Gasteiger partial charge < -0.3 is 9.26 Å². The second-order valence-corrected chi connectivity index (χ2v) is 8.41. The average Bonchev–Trinajstić information content (AvgIpc) is 3.11. The van der Waals surface area contributed by atoms with Gasteiger partial charge in [-0.1, -0.05) is 35.5 Å². The van der Waals surface area contributed by atoms with E-state index in [2.05, 4.69) is 23.4 Å². The Morgan fingerprint density at radius 3 is 2.42 bits per heavy atom. The largest absolute Gasteiger partial charge is 0.469 e. The van der Waals surface area contributed by atoms with Gasteiger partial charge in [0.25, 0.3) is 0 Å². The predicted molar refractivity (Wildman–Crippen MR) is 83.5 cm³/mol. The molecule has 0 bridgehead atoms. The summed E-state index contributed by atoms with van der Waals surface area (Å²) in [5.74, 6) is 5.22. The highest BCUT2D eigenvalue weighted by molar-refractivity contribution is 5.88. The van der Waals surface area contributed by atoms with Crippen molar-refractivity contribution in [2.75, 3.05) is 7.11 Å². The van der Waals surface area contributed by atoms with Crippen LogP contribution in [0.15, 0.2) is 40.9 Å². The number of carbonyl (C=O) groups is 1. The van der Waals surface area contributed by atoms with Gasteiger partial charge >= 0.3 is 5.97 Å². The molecular weight excluding hydrogens is 302 g/mol. The van der Waals surface area contributed by atoms with Gasteiger partial charge in [-0.3, -0.25) is 4.79 Å². The molecule has 0 spiro atoms. The third-order valence-corrected chi connectivity index (χ3v) is 8.49. The molecular formula is C20H17NO3. The average molecular weight is 319 g/mol. The standard InChI is InChI=1S/C20H17NO3/c1-23-18(22)20-15-12-16(20)14-17(20)13(15)19(12,14)8-10-7-11(21-24-10)9-5-3-2-4-6-9/h2-7,12-17H,8H2,1H3.